The van der Waals surface area contributed by atoms with Crippen LogP contribution in [0.1, 0.15) is 0 Å². The minimum atomic E-state index is 0.490. The van der Waals surface area contributed by atoms with Crippen molar-refractivity contribution in [1.82, 2.24) is 9.97 Å². The molecule has 0 atom stereocenters. The van der Waals surface area contributed by atoms with Crippen LogP contribution in [0, 0.1) is 0 Å². The van der Waals surface area contributed by atoms with Gasteiger partial charge in [0.15, 0.2) is 0 Å². The van der Waals surface area contributed by atoms with Gasteiger partial charge in [-0.25, -0.2) is 4.98 Å². The molecule has 0 aliphatic carbocycles. The van der Waals surface area contributed by atoms with Crippen LogP contribution in [-0.4, -0.2) is 16.4 Å². The lowest BCUT2D eigenvalue weighted by Crippen LogP contribution is -1.94. The number of carbonyl (C=O) groups is 1. The van der Waals surface area contributed by atoms with Gasteiger partial charge in [-0.3, -0.25) is 4.79 Å². The first-order chi connectivity index (χ1) is 6.31. The Kier molecular flexibility index (Phi) is 1.90. The van der Waals surface area contributed by atoms with Crippen molar-refractivity contribution < 1.29 is 4.79 Å². The molecule has 1 aromatic carbocycles. The van der Waals surface area contributed by atoms with E-state index in [-0.39, 0.29) is 0 Å². The molecule has 0 aliphatic rings. The molecule has 0 saturated carbocycles. The second-order valence-corrected chi connectivity index (χ2v) is 2.92. The molecular formula is C8H6ClN3O. The first kappa shape index (κ1) is 8.07. The lowest BCUT2D eigenvalue weighted by Gasteiger charge is -2.00. The highest BCUT2D eigenvalue weighted by Gasteiger charge is 2.03. The number of carbonyl (C=O) groups excluding carboxylic acids is 1. The van der Waals surface area contributed by atoms with Crippen LogP contribution in [-0.2, 0) is 4.79 Å². The first-order valence-electron chi connectivity index (χ1n) is 3.64. The molecule has 5 heteroatoms. The number of aromatic amines is 1. The maximum Gasteiger partial charge on any atom is 0.211 e. The molecule has 66 valence electrons. The molecule has 0 fully saturated rings. The van der Waals surface area contributed by atoms with Gasteiger partial charge in [0.25, 0.3) is 0 Å². The van der Waals surface area contributed by atoms with Crippen LogP contribution in [0.4, 0.5) is 5.69 Å². The summed E-state index contributed by atoms with van der Waals surface area (Å²) in [5, 5.41) is 2.98. The highest BCUT2D eigenvalue weighted by Crippen LogP contribution is 2.25. The molecule has 0 radical (unpaired) electrons. The lowest BCUT2D eigenvalue weighted by atomic mass is 10.3. The molecule has 1 heterocycles. The summed E-state index contributed by atoms with van der Waals surface area (Å²) in [6.07, 6.45) is 2.16. The SMILES string of the molecule is O=CNc1cc2nc[nH]c2cc1Cl. The van der Waals surface area contributed by atoms with Gasteiger partial charge in [-0.05, 0) is 12.1 Å². The quantitative estimate of drug-likeness (QED) is 0.718. The zero-order chi connectivity index (χ0) is 9.26. The second kappa shape index (κ2) is 3.06. The topological polar surface area (TPSA) is 57.8 Å². The van der Waals surface area contributed by atoms with Gasteiger partial charge < -0.3 is 10.3 Å². The molecule has 13 heavy (non-hydrogen) atoms. The Balaban J connectivity index is 2.62. The van der Waals surface area contributed by atoms with E-state index < -0.39 is 0 Å². The van der Waals surface area contributed by atoms with Crippen LogP contribution in [0.2, 0.25) is 5.02 Å². The van der Waals surface area contributed by atoms with Crippen molar-refractivity contribution in [2.75, 3.05) is 5.32 Å². The fourth-order valence-electron chi connectivity index (χ4n) is 1.13. The van der Waals surface area contributed by atoms with Gasteiger partial charge in [0.2, 0.25) is 6.41 Å². The van der Waals surface area contributed by atoms with Gasteiger partial charge in [-0.1, -0.05) is 11.6 Å². The summed E-state index contributed by atoms with van der Waals surface area (Å²) in [6.45, 7) is 0. The lowest BCUT2D eigenvalue weighted by molar-refractivity contribution is -0.105. The van der Waals surface area contributed by atoms with Crippen molar-refractivity contribution in [1.29, 1.82) is 0 Å². The summed E-state index contributed by atoms with van der Waals surface area (Å²) in [5.74, 6) is 0. The fourth-order valence-corrected chi connectivity index (χ4v) is 1.35. The largest absolute Gasteiger partial charge is 0.345 e. The Labute approximate surface area is 78.9 Å². The van der Waals surface area contributed by atoms with E-state index in [1.54, 1.807) is 18.5 Å². The fraction of sp³-hybridized carbons (Fsp3) is 0. The van der Waals surface area contributed by atoms with E-state index in [0.717, 1.165) is 11.0 Å². The molecule has 2 aromatic rings. The molecule has 0 unspecified atom stereocenters. The van der Waals surface area contributed by atoms with Gasteiger partial charge in [0.1, 0.15) is 0 Å². The molecule has 0 saturated heterocycles. The summed E-state index contributed by atoms with van der Waals surface area (Å²) < 4.78 is 0. The van der Waals surface area contributed by atoms with Gasteiger partial charge in [-0.15, -0.1) is 0 Å². The number of hydrogen-bond donors (Lipinski definition) is 2. The molecule has 2 N–H and O–H groups in total. The van der Waals surface area contributed by atoms with E-state index in [4.69, 9.17) is 11.6 Å². The van der Waals surface area contributed by atoms with Crippen LogP contribution in [0.15, 0.2) is 18.5 Å². The molecule has 0 bridgehead atoms. The summed E-state index contributed by atoms with van der Waals surface area (Å²) >= 11 is 5.87. The number of anilines is 1. The molecule has 4 nitrogen and oxygen atoms in total. The Morgan fingerprint density at radius 2 is 2.38 bits per heavy atom. The number of imidazole rings is 1. The van der Waals surface area contributed by atoms with Crippen molar-refractivity contribution in [3.63, 3.8) is 0 Å². The third-order valence-corrected chi connectivity index (χ3v) is 2.04. The zero-order valence-electron chi connectivity index (χ0n) is 6.54. The van der Waals surface area contributed by atoms with Gasteiger partial charge in [0, 0.05) is 0 Å². The predicted octanol–water partition coefficient (Wildman–Crippen LogP) is 1.78. The average Bonchev–Trinajstić information content (AvgIpc) is 2.52. The van der Waals surface area contributed by atoms with Crippen molar-refractivity contribution >= 4 is 34.7 Å². The van der Waals surface area contributed by atoms with Crippen molar-refractivity contribution in [3.8, 4) is 0 Å². The van der Waals surface area contributed by atoms with Crippen molar-refractivity contribution in [2.24, 2.45) is 0 Å². The summed E-state index contributed by atoms with van der Waals surface area (Å²) in [5.41, 5.74) is 2.19. The third-order valence-electron chi connectivity index (χ3n) is 1.72. The number of nitrogens with zero attached hydrogens (tertiary/aromatic N) is 1. The van der Waals surface area contributed by atoms with E-state index in [9.17, 15) is 4.79 Å². The van der Waals surface area contributed by atoms with Crippen LogP contribution < -0.4 is 5.32 Å². The third kappa shape index (κ3) is 1.36. The number of halogens is 1. The van der Waals surface area contributed by atoms with Gasteiger partial charge in [0.05, 0.1) is 28.1 Å². The van der Waals surface area contributed by atoms with Crippen molar-refractivity contribution in [2.45, 2.75) is 0 Å². The van der Waals surface area contributed by atoms with E-state index >= 15 is 0 Å². The molecule has 0 spiro atoms. The van der Waals surface area contributed by atoms with Crippen LogP contribution in [0.3, 0.4) is 0 Å². The number of amides is 1. The standard InChI is InChI=1S/C8H6ClN3O/c9-5-1-7-8(11-3-10-7)2-6(5)12-4-13/h1-4H,(H,10,11)(H,12,13). The highest BCUT2D eigenvalue weighted by molar-refractivity contribution is 6.34. The Hall–Kier alpha value is -1.55. The molecule has 0 aliphatic heterocycles. The Bertz CT molecular complexity index is 452. The maximum atomic E-state index is 10.2. The predicted molar refractivity (Wildman–Crippen MR) is 50.8 cm³/mol. The Morgan fingerprint density at radius 1 is 1.54 bits per heavy atom. The van der Waals surface area contributed by atoms with Crippen LogP contribution in [0.25, 0.3) is 11.0 Å². The summed E-state index contributed by atoms with van der Waals surface area (Å²) in [6, 6.07) is 3.43. The van der Waals surface area contributed by atoms with E-state index in [1.165, 1.54) is 0 Å². The average molecular weight is 196 g/mol. The number of nitrogens with one attached hydrogen (secondary N) is 2. The number of fused-ring (bicyclic) bond motifs is 1. The summed E-state index contributed by atoms with van der Waals surface area (Å²) in [4.78, 5) is 17.2. The number of H-pyrrole nitrogens is 1. The van der Waals surface area contributed by atoms with Gasteiger partial charge in [-0.2, -0.15) is 0 Å². The minimum absolute atomic E-state index is 0.490. The van der Waals surface area contributed by atoms with Crippen LogP contribution >= 0.6 is 11.6 Å². The monoisotopic (exact) mass is 195 g/mol. The van der Waals surface area contributed by atoms with E-state index in [2.05, 4.69) is 15.3 Å². The Morgan fingerprint density at radius 3 is 3.15 bits per heavy atom. The zero-order valence-corrected chi connectivity index (χ0v) is 7.30. The highest BCUT2D eigenvalue weighted by atomic mass is 35.5. The molecule has 2 rings (SSSR count). The van der Waals surface area contributed by atoms with E-state index in [1.807, 2.05) is 0 Å². The van der Waals surface area contributed by atoms with Crippen molar-refractivity contribution in [3.05, 3.63) is 23.5 Å². The number of aromatic nitrogens is 2. The molecule has 1 aromatic heterocycles. The smallest absolute Gasteiger partial charge is 0.211 e. The number of benzene rings is 1. The minimum Gasteiger partial charge on any atom is -0.345 e. The molecular weight excluding hydrogens is 190 g/mol. The maximum absolute atomic E-state index is 10.2. The normalized spacial score (nSPS) is 10.2. The van der Waals surface area contributed by atoms with E-state index in [0.29, 0.717) is 17.1 Å². The second-order valence-electron chi connectivity index (χ2n) is 2.51. The first-order valence-corrected chi connectivity index (χ1v) is 4.02. The molecule has 1 amide bonds. The van der Waals surface area contributed by atoms with Gasteiger partial charge >= 0.3 is 0 Å². The number of rotatable bonds is 2. The summed E-state index contributed by atoms with van der Waals surface area (Å²) in [7, 11) is 0. The van der Waals surface area contributed by atoms with Crippen LogP contribution in [0.5, 0.6) is 0 Å². The number of hydrogen-bond acceptors (Lipinski definition) is 2.